The highest BCUT2D eigenvalue weighted by Crippen LogP contribution is 2.23. The number of hydrogen-bond acceptors (Lipinski definition) is 3. The number of carbonyl (C=O) groups excluding carboxylic acids is 1. The SMILES string of the molecule is COc1ccc(CC(NC(=O)Cc2ccccc2F)c2ccc(OC)cc2)cc1. The van der Waals surface area contributed by atoms with Gasteiger partial charge in [-0.2, -0.15) is 0 Å². The topological polar surface area (TPSA) is 47.6 Å². The van der Waals surface area contributed by atoms with Gasteiger partial charge in [0, 0.05) is 0 Å². The lowest BCUT2D eigenvalue weighted by Gasteiger charge is -2.20. The molecule has 0 aliphatic heterocycles. The van der Waals surface area contributed by atoms with Gasteiger partial charge in [-0.15, -0.1) is 0 Å². The van der Waals surface area contributed by atoms with Crippen LogP contribution in [0.5, 0.6) is 11.5 Å². The average molecular weight is 393 g/mol. The standard InChI is InChI=1S/C24H24FNO3/c1-28-20-11-7-17(8-12-20)15-23(18-9-13-21(29-2)14-10-18)26-24(27)16-19-5-3-4-6-22(19)25/h3-14,23H,15-16H2,1-2H3,(H,26,27). The Kier molecular flexibility index (Phi) is 6.85. The summed E-state index contributed by atoms with van der Waals surface area (Å²) in [4.78, 5) is 12.6. The molecule has 0 aliphatic rings. The third kappa shape index (κ3) is 5.57. The van der Waals surface area contributed by atoms with E-state index in [9.17, 15) is 9.18 Å². The Balaban J connectivity index is 1.79. The van der Waals surface area contributed by atoms with Gasteiger partial charge in [-0.25, -0.2) is 4.39 Å². The van der Waals surface area contributed by atoms with Gasteiger partial charge in [0.25, 0.3) is 0 Å². The number of benzene rings is 3. The van der Waals surface area contributed by atoms with Gasteiger partial charge in [0.2, 0.25) is 5.91 Å². The molecule has 3 aromatic rings. The lowest BCUT2D eigenvalue weighted by molar-refractivity contribution is -0.121. The molecular formula is C24H24FNO3. The van der Waals surface area contributed by atoms with Crippen molar-refractivity contribution >= 4 is 5.91 Å². The van der Waals surface area contributed by atoms with Crippen LogP contribution in [0.1, 0.15) is 22.7 Å². The zero-order valence-corrected chi connectivity index (χ0v) is 16.5. The predicted octanol–water partition coefficient (Wildman–Crippen LogP) is 4.49. The molecule has 1 unspecified atom stereocenters. The van der Waals surface area contributed by atoms with E-state index in [1.807, 2.05) is 48.5 Å². The Morgan fingerprint density at radius 1 is 0.897 bits per heavy atom. The third-order valence-corrected chi connectivity index (χ3v) is 4.76. The molecule has 0 aliphatic carbocycles. The molecule has 3 rings (SSSR count). The molecule has 29 heavy (non-hydrogen) atoms. The second kappa shape index (κ2) is 9.73. The largest absolute Gasteiger partial charge is 0.497 e. The molecule has 1 atom stereocenters. The maximum Gasteiger partial charge on any atom is 0.225 e. The second-order valence-electron chi connectivity index (χ2n) is 6.71. The molecule has 150 valence electrons. The van der Waals surface area contributed by atoms with Crippen molar-refractivity contribution in [3.05, 3.63) is 95.3 Å². The van der Waals surface area contributed by atoms with Crippen LogP contribution >= 0.6 is 0 Å². The Labute approximate surface area is 170 Å². The number of halogens is 1. The average Bonchev–Trinajstić information content (AvgIpc) is 2.75. The van der Waals surface area contributed by atoms with Crippen LogP contribution in [0.2, 0.25) is 0 Å². The fraction of sp³-hybridized carbons (Fsp3) is 0.208. The predicted molar refractivity (Wildman–Crippen MR) is 111 cm³/mol. The van der Waals surface area contributed by atoms with E-state index >= 15 is 0 Å². The highest BCUT2D eigenvalue weighted by molar-refractivity contribution is 5.79. The van der Waals surface area contributed by atoms with Crippen LogP contribution in [0, 0.1) is 5.82 Å². The van der Waals surface area contributed by atoms with E-state index in [1.165, 1.54) is 6.07 Å². The first-order valence-electron chi connectivity index (χ1n) is 9.38. The Morgan fingerprint density at radius 2 is 1.48 bits per heavy atom. The number of methoxy groups -OCH3 is 2. The van der Waals surface area contributed by atoms with E-state index in [4.69, 9.17) is 9.47 Å². The van der Waals surface area contributed by atoms with Crippen molar-refractivity contribution in [1.82, 2.24) is 5.32 Å². The summed E-state index contributed by atoms with van der Waals surface area (Å²) in [6.45, 7) is 0. The third-order valence-electron chi connectivity index (χ3n) is 4.76. The quantitative estimate of drug-likeness (QED) is 0.614. The van der Waals surface area contributed by atoms with Crippen LogP contribution in [0.15, 0.2) is 72.8 Å². The summed E-state index contributed by atoms with van der Waals surface area (Å²) in [6, 6.07) is 21.4. The van der Waals surface area contributed by atoms with Gasteiger partial charge in [0.15, 0.2) is 0 Å². The number of amides is 1. The van der Waals surface area contributed by atoms with Crippen molar-refractivity contribution in [1.29, 1.82) is 0 Å². The van der Waals surface area contributed by atoms with Gasteiger partial charge >= 0.3 is 0 Å². The maximum atomic E-state index is 13.9. The van der Waals surface area contributed by atoms with Gasteiger partial charge in [0.05, 0.1) is 26.7 Å². The molecule has 1 N–H and O–H groups in total. The minimum absolute atomic E-state index is 0.0120. The zero-order valence-electron chi connectivity index (χ0n) is 16.5. The highest BCUT2D eigenvalue weighted by atomic mass is 19.1. The van der Waals surface area contributed by atoms with Crippen molar-refractivity contribution in [2.75, 3.05) is 14.2 Å². The van der Waals surface area contributed by atoms with Crippen LogP contribution in [0.4, 0.5) is 4.39 Å². The first-order valence-corrected chi connectivity index (χ1v) is 9.38. The summed E-state index contributed by atoms with van der Waals surface area (Å²) in [7, 11) is 3.23. The number of nitrogens with one attached hydrogen (secondary N) is 1. The van der Waals surface area contributed by atoms with Gasteiger partial charge in [-0.05, 0) is 53.4 Å². The first-order chi connectivity index (χ1) is 14.1. The molecule has 0 fully saturated rings. The van der Waals surface area contributed by atoms with E-state index in [-0.39, 0.29) is 24.2 Å². The number of ether oxygens (including phenoxy) is 2. The van der Waals surface area contributed by atoms with Crippen LogP contribution in [-0.4, -0.2) is 20.1 Å². The normalized spacial score (nSPS) is 11.6. The summed E-state index contributed by atoms with van der Waals surface area (Å²) in [5, 5.41) is 3.05. The monoisotopic (exact) mass is 393 g/mol. The van der Waals surface area contributed by atoms with E-state index in [2.05, 4.69) is 5.32 Å². The van der Waals surface area contributed by atoms with E-state index in [1.54, 1.807) is 32.4 Å². The van der Waals surface area contributed by atoms with E-state index in [0.29, 0.717) is 12.0 Å². The van der Waals surface area contributed by atoms with Crippen LogP contribution in [-0.2, 0) is 17.6 Å². The first kappa shape index (κ1) is 20.4. The van der Waals surface area contributed by atoms with Gasteiger partial charge in [0.1, 0.15) is 17.3 Å². The maximum absolute atomic E-state index is 13.9. The highest BCUT2D eigenvalue weighted by Gasteiger charge is 2.17. The Morgan fingerprint density at radius 3 is 2.07 bits per heavy atom. The lowest BCUT2D eigenvalue weighted by Crippen LogP contribution is -2.31. The molecule has 3 aromatic carbocycles. The summed E-state index contributed by atoms with van der Waals surface area (Å²) in [5.74, 6) is 0.913. The number of carbonyl (C=O) groups is 1. The Bertz CT molecular complexity index is 939. The fourth-order valence-electron chi connectivity index (χ4n) is 3.15. The Hall–Kier alpha value is -3.34. The van der Waals surface area contributed by atoms with E-state index < -0.39 is 0 Å². The van der Waals surface area contributed by atoms with E-state index in [0.717, 1.165) is 22.6 Å². The minimum atomic E-state index is -0.376. The molecule has 5 heteroatoms. The molecule has 0 aromatic heterocycles. The molecule has 1 amide bonds. The van der Waals surface area contributed by atoms with Crippen LogP contribution in [0.3, 0.4) is 0 Å². The van der Waals surface area contributed by atoms with Crippen LogP contribution < -0.4 is 14.8 Å². The summed E-state index contributed by atoms with van der Waals surface area (Å²) >= 11 is 0. The second-order valence-corrected chi connectivity index (χ2v) is 6.71. The number of rotatable bonds is 8. The van der Waals surface area contributed by atoms with Crippen molar-refractivity contribution in [2.45, 2.75) is 18.9 Å². The molecule has 0 heterocycles. The molecule has 0 radical (unpaired) electrons. The van der Waals surface area contributed by atoms with Crippen molar-refractivity contribution in [3.63, 3.8) is 0 Å². The number of hydrogen-bond donors (Lipinski definition) is 1. The van der Waals surface area contributed by atoms with Crippen LogP contribution in [0.25, 0.3) is 0 Å². The summed E-state index contributed by atoms with van der Waals surface area (Å²) in [5.41, 5.74) is 2.38. The zero-order chi connectivity index (χ0) is 20.6. The molecule has 0 bridgehead atoms. The lowest BCUT2D eigenvalue weighted by atomic mass is 9.98. The molecular weight excluding hydrogens is 369 g/mol. The molecule has 4 nitrogen and oxygen atoms in total. The minimum Gasteiger partial charge on any atom is -0.497 e. The fourth-order valence-corrected chi connectivity index (χ4v) is 3.15. The summed E-state index contributed by atoms with van der Waals surface area (Å²) in [6.07, 6.45) is 0.585. The van der Waals surface area contributed by atoms with Gasteiger partial charge in [-0.3, -0.25) is 4.79 Å². The van der Waals surface area contributed by atoms with Crippen molar-refractivity contribution < 1.29 is 18.7 Å². The molecule has 0 spiro atoms. The van der Waals surface area contributed by atoms with Crippen molar-refractivity contribution in [2.24, 2.45) is 0 Å². The molecule has 0 saturated heterocycles. The molecule has 0 saturated carbocycles. The smallest absolute Gasteiger partial charge is 0.225 e. The van der Waals surface area contributed by atoms with Crippen molar-refractivity contribution in [3.8, 4) is 11.5 Å². The van der Waals surface area contributed by atoms with Gasteiger partial charge in [-0.1, -0.05) is 42.5 Å². The van der Waals surface area contributed by atoms with Gasteiger partial charge < -0.3 is 14.8 Å². The summed E-state index contributed by atoms with van der Waals surface area (Å²) < 4.78 is 24.3.